The molecular weight excluding hydrogens is 324 g/mol. The molecule has 23 heavy (non-hydrogen) atoms. The van der Waals surface area contributed by atoms with E-state index < -0.39 is 0 Å². The maximum atomic E-state index is 12.3. The largest absolute Gasteiger partial charge is 0.469 e. The number of ether oxygens (including phenoxy) is 3. The SMILES string of the molecule is COC(=O)C(CNC(=O)[C@H]1NCCO[C@@H]1C)C1CCOCC1.Cl. The molecule has 2 rings (SSSR count). The molecule has 134 valence electrons. The van der Waals surface area contributed by atoms with Crippen LogP contribution in [0.4, 0.5) is 0 Å². The molecule has 3 atom stereocenters. The molecular formula is C15H27ClN2O5. The number of methoxy groups -OCH3 is 1. The molecule has 0 saturated carbocycles. The minimum absolute atomic E-state index is 0. The number of amides is 1. The van der Waals surface area contributed by atoms with Crippen LogP contribution in [0.25, 0.3) is 0 Å². The third-order valence-electron chi connectivity index (χ3n) is 4.43. The zero-order valence-electron chi connectivity index (χ0n) is 13.7. The molecule has 0 radical (unpaired) electrons. The third kappa shape index (κ3) is 5.60. The highest BCUT2D eigenvalue weighted by Crippen LogP contribution is 2.24. The summed E-state index contributed by atoms with van der Waals surface area (Å²) in [7, 11) is 1.38. The summed E-state index contributed by atoms with van der Waals surface area (Å²) < 4.78 is 15.7. The van der Waals surface area contributed by atoms with Gasteiger partial charge >= 0.3 is 5.97 Å². The summed E-state index contributed by atoms with van der Waals surface area (Å²) in [6, 6.07) is -0.373. The van der Waals surface area contributed by atoms with Crippen LogP contribution in [0.15, 0.2) is 0 Å². The highest BCUT2D eigenvalue weighted by molar-refractivity contribution is 5.85. The van der Waals surface area contributed by atoms with Gasteiger partial charge < -0.3 is 24.8 Å². The van der Waals surface area contributed by atoms with Crippen molar-refractivity contribution < 1.29 is 23.8 Å². The Kier molecular flexibility index (Phi) is 8.83. The molecule has 0 aromatic rings. The standard InChI is InChI=1S/C15H26N2O5.ClH/c1-10-13(16-5-8-22-10)14(18)17-9-12(15(19)20-2)11-3-6-21-7-4-11;/h10-13,16H,3-9H2,1-2H3,(H,17,18);1H/t10-,12?,13+;/m1./s1. The Bertz CT molecular complexity index is 390. The minimum Gasteiger partial charge on any atom is -0.469 e. The third-order valence-corrected chi connectivity index (χ3v) is 4.43. The second-order valence-corrected chi connectivity index (χ2v) is 5.83. The van der Waals surface area contributed by atoms with E-state index in [4.69, 9.17) is 14.2 Å². The molecule has 0 spiro atoms. The molecule has 8 heteroatoms. The van der Waals surface area contributed by atoms with Crippen LogP contribution in [0.3, 0.4) is 0 Å². The Morgan fingerprint density at radius 2 is 2.00 bits per heavy atom. The zero-order chi connectivity index (χ0) is 15.9. The van der Waals surface area contributed by atoms with E-state index in [9.17, 15) is 9.59 Å². The normalized spacial score (nSPS) is 26.7. The number of nitrogens with one attached hydrogen (secondary N) is 2. The van der Waals surface area contributed by atoms with E-state index in [2.05, 4.69) is 10.6 Å². The molecule has 0 aliphatic carbocycles. The fraction of sp³-hybridized carbons (Fsp3) is 0.867. The van der Waals surface area contributed by atoms with E-state index in [-0.39, 0.29) is 48.3 Å². The van der Waals surface area contributed by atoms with E-state index in [1.165, 1.54) is 7.11 Å². The van der Waals surface area contributed by atoms with Crippen LogP contribution in [0.1, 0.15) is 19.8 Å². The van der Waals surface area contributed by atoms with Gasteiger partial charge in [-0.05, 0) is 25.7 Å². The molecule has 1 unspecified atom stereocenters. The van der Waals surface area contributed by atoms with Crippen LogP contribution in [-0.4, -0.2) is 64.0 Å². The topological polar surface area (TPSA) is 85.9 Å². The maximum Gasteiger partial charge on any atom is 0.310 e. The van der Waals surface area contributed by atoms with E-state index in [1.807, 2.05) is 6.92 Å². The lowest BCUT2D eigenvalue weighted by Gasteiger charge is -2.31. The van der Waals surface area contributed by atoms with Crippen LogP contribution in [0.2, 0.25) is 0 Å². The number of rotatable bonds is 5. The Labute approximate surface area is 143 Å². The predicted molar refractivity (Wildman–Crippen MR) is 86.5 cm³/mol. The molecule has 2 aliphatic rings. The predicted octanol–water partition coefficient (Wildman–Crippen LogP) is 0.117. The molecule has 2 fully saturated rings. The van der Waals surface area contributed by atoms with E-state index >= 15 is 0 Å². The first kappa shape index (κ1) is 20.2. The lowest BCUT2D eigenvalue weighted by molar-refractivity contribution is -0.148. The van der Waals surface area contributed by atoms with E-state index in [0.29, 0.717) is 32.9 Å². The number of hydrogen-bond donors (Lipinski definition) is 2. The Morgan fingerprint density at radius 3 is 2.61 bits per heavy atom. The van der Waals surface area contributed by atoms with Crippen molar-refractivity contribution in [3.05, 3.63) is 0 Å². The lowest BCUT2D eigenvalue weighted by Crippen LogP contribution is -2.56. The number of morpholine rings is 1. The van der Waals surface area contributed by atoms with Crippen molar-refractivity contribution in [3.63, 3.8) is 0 Å². The van der Waals surface area contributed by atoms with Gasteiger partial charge in [0.05, 0.1) is 25.7 Å². The van der Waals surface area contributed by atoms with Crippen LogP contribution in [0, 0.1) is 11.8 Å². The number of halogens is 1. The number of carbonyl (C=O) groups is 2. The van der Waals surface area contributed by atoms with Gasteiger partial charge in [-0.3, -0.25) is 9.59 Å². The number of esters is 1. The first-order valence-corrected chi connectivity index (χ1v) is 7.91. The first-order valence-electron chi connectivity index (χ1n) is 7.91. The van der Waals surface area contributed by atoms with Gasteiger partial charge in [0.1, 0.15) is 6.04 Å². The molecule has 2 heterocycles. The average molecular weight is 351 g/mol. The van der Waals surface area contributed by atoms with Crippen LogP contribution >= 0.6 is 12.4 Å². The molecule has 2 N–H and O–H groups in total. The van der Waals surface area contributed by atoms with E-state index in [0.717, 1.165) is 12.8 Å². The average Bonchev–Trinajstić information content (AvgIpc) is 2.56. The molecule has 2 aliphatic heterocycles. The zero-order valence-corrected chi connectivity index (χ0v) is 14.5. The van der Waals surface area contributed by atoms with Crippen LogP contribution in [0.5, 0.6) is 0 Å². The second kappa shape index (κ2) is 10.1. The van der Waals surface area contributed by atoms with Gasteiger partial charge in [-0.2, -0.15) is 0 Å². The van der Waals surface area contributed by atoms with Crippen molar-refractivity contribution in [3.8, 4) is 0 Å². The number of carbonyl (C=O) groups excluding carboxylic acids is 2. The summed E-state index contributed by atoms with van der Waals surface area (Å²) in [4.78, 5) is 24.3. The van der Waals surface area contributed by atoms with Gasteiger partial charge in [-0.1, -0.05) is 0 Å². The highest BCUT2D eigenvalue weighted by Gasteiger charge is 2.33. The quantitative estimate of drug-likeness (QED) is 0.685. The van der Waals surface area contributed by atoms with Crippen molar-refractivity contribution in [1.29, 1.82) is 0 Å². The molecule has 1 amide bonds. The summed E-state index contributed by atoms with van der Waals surface area (Å²) in [5.41, 5.74) is 0. The Hall–Kier alpha value is -0.890. The number of hydrogen-bond acceptors (Lipinski definition) is 6. The summed E-state index contributed by atoms with van der Waals surface area (Å²) in [5, 5.41) is 6.01. The Morgan fingerprint density at radius 1 is 1.30 bits per heavy atom. The van der Waals surface area contributed by atoms with Crippen LogP contribution in [-0.2, 0) is 23.8 Å². The Balaban J connectivity index is 0.00000264. The maximum absolute atomic E-state index is 12.3. The van der Waals surface area contributed by atoms with Crippen molar-refractivity contribution in [2.24, 2.45) is 11.8 Å². The van der Waals surface area contributed by atoms with Crippen LogP contribution < -0.4 is 10.6 Å². The lowest BCUT2D eigenvalue weighted by atomic mass is 9.86. The summed E-state index contributed by atoms with van der Waals surface area (Å²) in [6.07, 6.45) is 1.46. The van der Waals surface area contributed by atoms with Crippen molar-refractivity contribution in [2.75, 3.05) is 40.0 Å². The molecule has 0 bridgehead atoms. The fourth-order valence-corrected chi connectivity index (χ4v) is 3.06. The van der Waals surface area contributed by atoms with Gasteiger partial charge in [0, 0.05) is 26.3 Å². The molecule has 0 aromatic heterocycles. The van der Waals surface area contributed by atoms with Crippen molar-refractivity contribution >= 4 is 24.3 Å². The van der Waals surface area contributed by atoms with E-state index in [1.54, 1.807) is 0 Å². The van der Waals surface area contributed by atoms with Gasteiger partial charge in [-0.25, -0.2) is 0 Å². The molecule has 7 nitrogen and oxygen atoms in total. The summed E-state index contributed by atoms with van der Waals surface area (Å²) in [6.45, 7) is 4.73. The second-order valence-electron chi connectivity index (χ2n) is 5.83. The van der Waals surface area contributed by atoms with Gasteiger partial charge in [0.15, 0.2) is 0 Å². The molecule has 0 aromatic carbocycles. The summed E-state index contributed by atoms with van der Waals surface area (Å²) in [5.74, 6) is -0.534. The van der Waals surface area contributed by atoms with Gasteiger partial charge in [0.25, 0.3) is 0 Å². The monoisotopic (exact) mass is 350 g/mol. The van der Waals surface area contributed by atoms with Gasteiger partial charge in [0.2, 0.25) is 5.91 Å². The van der Waals surface area contributed by atoms with Crippen molar-refractivity contribution in [2.45, 2.75) is 31.9 Å². The van der Waals surface area contributed by atoms with Gasteiger partial charge in [-0.15, -0.1) is 12.4 Å². The molecule has 2 saturated heterocycles. The fourth-order valence-electron chi connectivity index (χ4n) is 3.06. The highest BCUT2D eigenvalue weighted by atomic mass is 35.5. The van der Waals surface area contributed by atoms with Crippen molar-refractivity contribution in [1.82, 2.24) is 10.6 Å². The first-order chi connectivity index (χ1) is 10.6. The summed E-state index contributed by atoms with van der Waals surface area (Å²) >= 11 is 0. The smallest absolute Gasteiger partial charge is 0.310 e. The minimum atomic E-state index is -0.373.